The molecule has 0 heterocycles. The van der Waals surface area contributed by atoms with E-state index in [9.17, 15) is 4.79 Å². The molecule has 1 aliphatic rings. The summed E-state index contributed by atoms with van der Waals surface area (Å²) in [4.78, 5) is 13.4. The van der Waals surface area contributed by atoms with E-state index in [4.69, 9.17) is 5.11 Å². The number of aliphatic carboxylic acids is 1. The second-order valence-electron chi connectivity index (χ2n) is 5.23. The average Bonchev–Trinajstić information content (AvgIpc) is 2.39. The van der Waals surface area contributed by atoms with Crippen LogP contribution in [-0.2, 0) is 4.79 Å². The van der Waals surface area contributed by atoms with E-state index in [1.165, 1.54) is 0 Å². The van der Waals surface area contributed by atoms with Crippen molar-refractivity contribution in [2.24, 2.45) is 5.92 Å². The van der Waals surface area contributed by atoms with E-state index in [1.807, 2.05) is 0 Å². The van der Waals surface area contributed by atoms with Gasteiger partial charge < -0.3 is 15.3 Å². The number of rotatable bonds is 8. The summed E-state index contributed by atoms with van der Waals surface area (Å²) in [5, 5.41) is 12.5. The standard InChI is InChI=1S/C14H28N2O2/c1-3-16(4-2)10-6-9-15-13-8-5-7-12(11-13)14(17)18/h12-13,15H,3-11H2,1-2H3,(H,17,18). The van der Waals surface area contributed by atoms with E-state index in [2.05, 4.69) is 24.1 Å². The molecule has 0 amide bonds. The Kier molecular flexibility index (Phi) is 7.28. The second-order valence-corrected chi connectivity index (χ2v) is 5.23. The van der Waals surface area contributed by atoms with Crippen molar-refractivity contribution in [3.63, 3.8) is 0 Å². The van der Waals surface area contributed by atoms with E-state index >= 15 is 0 Å². The van der Waals surface area contributed by atoms with Gasteiger partial charge in [0, 0.05) is 6.04 Å². The molecular formula is C14H28N2O2. The molecule has 1 saturated carbocycles. The van der Waals surface area contributed by atoms with Crippen molar-refractivity contribution >= 4 is 5.97 Å². The summed E-state index contributed by atoms with van der Waals surface area (Å²) < 4.78 is 0. The maximum absolute atomic E-state index is 11.0. The SMILES string of the molecule is CCN(CC)CCCNC1CCCC(C(=O)O)C1. The second kappa shape index (κ2) is 8.48. The normalized spacial score (nSPS) is 24.4. The van der Waals surface area contributed by atoms with E-state index in [0.29, 0.717) is 6.04 Å². The molecule has 2 atom stereocenters. The minimum atomic E-state index is -0.621. The molecule has 106 valence electrons. The van der Waals surface area contributed by atoms with Crippen LogP contribution in [0.1, 0.15) is 46.0 Å². The van der Waals surface area contributed by atoms with Crippen LogP contribution in [0.15, 0.2) is 0 Å². The molecule has 0 aromatic heterocycles. The molecule has 0 radical (unpaired) electrons. The number of carbonyl (C=O) groups is 1. The summed E-state index contributed by atoms with van der Waals surface area (Å²) in [5.74, 6) is -0.747. The summed E-state index contributed by atoms with van der Waals surface area (Å²) >= 11 is 0. The quantitative estimate of drug-likeness (QED) is 0.652. The predicted molar refractivity (Wildman–Crippen MR) is 73.8 cm³/mol. The number of hydrogen-bond donors (Lipinski definition) is 2. The molecular weight excluding hydrogens is 228 g/mol. The first-order chi connectivity index (χ1) is 8.67. The summed E-state index contributed by atoms with van der Waals surface area (Å²) in [6, 6.07) is 0.413. The fourth-order valence-corrected chi connectivity index (χ4v) is 2.75. The highest BCUT2D eigenvalue weighted by molar-refractivity contribution is 5.70. The van der Waals surface area contributed by atoms with Gasteiger partial charge in [0.1, 0.15) is 0 Å². The van der Waals surface area contributed by atoms with Crippen molar-refractivity contribution in [3.05, 3.63) is 0 Å². The molecule has 1 rings (SSSR count). The fourth-order valence-electron chi connectivity index (χ4n) is 2.75. The first-order valence-electron chi connectivity index (χ1n) is 7.35. The molecule has 0 aromatic carbocycles. The van der Waals surface area contributed by atoms with E-state index in [0.717, 1.165) is 58.3 Å². The van der Waals surface area contributed by atoms with Gasteiger partial charge in [-0.2, -0.15) is 0 Å². The molecule has 4 nitrogen and oxygen atoms in total. The topological polar surface area (TPSA) is 52.6 Å². The van der Waals surface area contributed by atoms with E-state index < -0.39 is 5.97 Å². The zero-order chi connectivity index (χ0) is 13.4. The van der Waals surface area contributed by atoms with Crippen molar-refractivity contribution in [1.82, 2.24) is 10.2 Å². The Labute approximate surface area is 111 Å². The molecule has 0 saturated heterocycles. The molecule has 2 N–H and O–H groups in total. The molecule has 1 aliphatic carbocycles. The zero-order valence-corrected chi connectivity index (χ0v) is 11.8. The third-order valence-corrected chi connectivity index (χ3v) is 4.00. The minimum Gasteiger partial charge on any atom is -0.481 e. The van der Waals surface area contributed by atoms with Crippen molar-refractivity contribution in [2.45, 2.75) is 52.0 Å². The highest BCUT2D eigenvalue weighted by Gasteiger charge is 2.26. The van der Waals surface area contributed by atoms with Crippen LogP contribution in [0.3, 0.4) is 0 Å². The Balaban J connectivity index is 2.13. The summed E-state index contributed by atoms with van der Waals surface area (Å²) in [5.41, 5.74) is 0. The molecule has 18 heavy (non-hydrogen) atoms. The van der Waals surface area contributed by atoms with Gasteiger partial charge in [-0.3, -0.25) is 4.79 Å². The number of carboxylic acid groups (broad SMARTS) is 1. The molecule has 0 aliphatic heterocycles. The Hall–Kier alpha value is -0.610. The van der Waals surface area contributed by atoms with Gasteiger partial charge in [-0.1, -0.05) is 20.3 Å². The molecule has 4 heteroatoms. The van der Waals surface area contributed by atoms with Gasteiger partial charge in [-0.05, 0) is 51.9 Å². The van der Waals surface area contributed by atoms with E-state index in [1.54, 1.807) is 0 Å². The minimum absolute atomic E-state index is 0.126. The maximum Gasteiger partial charge on any atom is 0.306 e. The van der Waals surface area contributed by atoms with Crippen molar-refractivity contribution in [3.8, 4) is 0 Å². The van der Waals surface area contributed by atoms with Crippen LogP contribution in [-0.4, -0.2) is 48.2 Å². The Morgan fingerprint density at radius 1 is 1.33 bits per heavy atom. The monoisotopic (exact) mass is 256 g/mol. The van der Waals surface area contributed by atoms with E-state index in [-0.39, 0.29) is 5.92 Å². The highest BCUT2D eigenvalue weighted by atomic mass is 16.4. The Morgan fingerprint density at radius 3 is 2.67 bits per heavy atom. The van der Waals surface area contributed by atoms with Crippen LogP contribution in [0.25, 0.3) is 0 Å². The lowest BCUT2D eigenvalue weighted by molar-refractivity contribution is -0.143. The lowest BCUT2D eigenvalue weighted by Crippen LogP contribution is -2.37. The lowest BCUT2D eigenvalue weighted by atomic mass is 9.86. The largest absolute Gasteiger partial charge is 0.481 e. The molecule has 0 bridgehead atoms. The number of nitrogens with zero attached hydrogens (tertiary/aromatic N) is 1. The van der Waals surface area contributed by atoms with Crippen LogP contribution < -0.4 is 5.32 Å². The molecule has 2 unspecified atom stereocenters. The first-order valence-corrected chi connectivity index (χ1v) is 7.35. The van der Waals surface area contributed by atoms with Crippen LogP contribution in [0.5, 0.6) is 0 Å². The number of carboxylic acids is 1. The van der Waals surface area contributed by atoms with Gasteiger partial charge in [-0.25, -0.2) is 0 Å². The average molecular weight is 256 g/mol. The van der Waals surface area contributed by atoms with Crippen LogP contribution in [0, 0.1) is 5.92 Å². The van der Waals surface area contributed by atoms with Crippen molar-refractivity contribution in [2.75, 3.05) is 26.2 Å². The van der Waals surface area contributed by atoms with Crippen LogP contribution in [0.4, 0.5) is 0 Å². The molecule has 1 fully saturated rings. The van der Waals surface area contributed by atoms with Gasteiger partial charge >= 0.3 is 5.97 Å². The summed E-state index contributed by atoms with van der Waals surface area (Å²) in [7, 11) is 0. The zero-order valence-electron chi connectivity index (χ0n) is 11.8. The molecule has 0 aromatic rings. The fraction of sp³-hybridized carbons (Fsp3) is 0.929. The van der Waals surface area contributed by atoms with Crippen molar-refractivity contribution in [1.29, 1.82) is 0 Å². The Bertz CT molecular complexity index is 242. The highest BCUT2D eigenvalue weighted by Crippen LogP contribution is 2.24. The first kappa shape index (κ1) is 15.4. The summed E-state index contributed by atoms with van der Waals surface area (Å²) in [6.45, 7) is 8.75. The van der Waals surface area contributed by atoms with Gasteiger partial charge in [0.2, 0.25) is 0 Å². The third-order valence-electron chi connectivity index (χ3n) is 4.00. The number of nitrogens with one attached hydrogen (secondary N) is 1. The smallest absolute Gasteiger partial charge is 0.306 e. The Morgan fingerprint density at radius 2 is 2.06 bits per heavy atom. The maximum atomic E-state index is 11.0. The van der Waals surface area contributed by atoms with Gasteiger partial charge in [0.15, 0.2) is 0 Å². The number of hydrogen-bond acceptors (Lipinski definition) is 3. The van der Waals surface area contributed by atoms with Crippen molar-refractivity contribution < 1.29 is 9.90 Å². The van der Waals surface area contributed by atoms with Gasteiger partial charge in [-0.15, -0.1) is 0 Å². The molecule has 0 spiro atoms. The van der Waals surface area contributed by atoms with Gasteiger partial charge in [0.05, 0.1) is 5.92 Å². The predicted octanol–water partition coefficient (Wildman–Crippen LogP) is 1.95. The lowest BCUT2D eigenvalue weighted by Gasteiger charge is -2.28. The van der Waals surface area contributed by atoms with Crippen LogP contribution >= 0.6 is 0 Å². The van der Waals surface area contributed by atoms with Crippen LogP contribution in [0.2, 0.25) is 0 Å². The van der Waals surface area contributed by atoms with Gasteiger partial charge in [0.25, 0.3) is 0 Å². The third kappa shape index (κ3) is 5.36. The summed E-state index contributed by atoms with van der Waals surface area (Å²) in [6.07, 6.45) is 4.99.